The SMILES string of the molecule is CC(C)OC(=O)c1sc2cccc(F)c2c1COc1ccc(C(N)=O)cc1.NC(=O)c1ccc(OCc2c(C(=O)O)sc3cccc(F)c23)cc1. The molecule has 0 fully saturated rings. The summed E-state index contributed by atoms with van der Waals surface area (Å²) < 4.78 is 46.3. The fourth-order valence-corrected chi connectivity index (χ4v) is 7.12. The standard InChI is InChI=1S/C20H18FNO4S.C17H12FNO4S/c1-11(2)26-20(24)18-14(17-15(21)4-3-5-16(17)27-18)10-25-13-8-6-12(7-9-13)19(22)23;18-12-2-1-3-13-14(12)11(15(24-13)17(21)22)8-23-10-6-4-9(5-7-10)16(19)20/h3-9,11H,10H2,1-2H3,(H2,22,23);1-7H,8H2,(H2,19,20)(H,21,22). The molecular formula is C37H30F2N2O8S2. The molecule has 6 rings (SSSR count). The molecule has 5 N–H and O–H groups in total. The van der Waals surface area contributed by atoms with E-state index in [0.29, 0.717) is 53.4 Å². The third-order valence-corrected chi connectivity index (χ3v) is 9.66. The summed E-state index contributed by atoms with van der Waals surface area (Å²) in [5.41, 5.74) is 11.8. The highest BCUT2D eigenvalue weighted by atomic mass is 32.1. The summed E-state index contributed by atoms with van der Waals surface area (Å²) in [6, 6.07) is 21.5. The number of thiophene rings is 2. The molecule has 6 aromatic rings. The predicted molar refractivity (Wildman–Crippen MR) is 190 cm³/mol. The van der Waals surface area contributed by atoms with Crippen LogP contribution in [0.5, 0.6) is 11.5 Å². The molecule has 0 spiro atoms. The summed E-state index contributed by atoms with van der Waals surface area (Å²) in [5, 5.41) is 9.94. The van der Waals surface area contributed by atoms with Crippen molar-refractivity contribution in [2.45, 2.75) is 33.2 Å². The summed E-state index contributed by atoms with van der Waals surface area (Å²) in [7, 11) is 0. The number of carbonyl (C=O) groups is 4. The summed E-state index contributed by atoms with van der Waals surface area (Å²) in [4.78, 5) is 46.4. The number of benzene rings is 4. The molecule has 0 saturated carbocycles. The average molecular weight is 733 g/mol. The molecule has 2 aromatic heterocycles. The molecule has 51 heavy (non-hydrogen) atoms. The smallest absolute Gasteiger partial charge is 0.349 e. The Morgan fingerprint density at radius 2 is 1.08 bits per heavy atom. The molecule has 2 heterocycles. The van der Waals surface area contributed by atoms with Crippen LogP contribution in [0.25, 0.3) is 20.2 Å². The number of fused-ring (bicyclic) bond motifs is 2. The number of ether oxygens (including phenoxy) is 3. The van der Waals surface area contributed by atoms with Crippen LogP contribution in [-0.2, 0) is 18.0 Å². The van der Waals surface area contributed by atoms with E-state index in [9.17, 15) is 33.1 Å². The Bertz CT molecular complexity index is 2250. The summed E-state index contributed by atoms with van der Waals surface area (Å²) in [6.07, 6.45) is -0.289. The van der Waals surface area contributed by atoms with Gasteiger partial charge in [-0.15, -0.1) is 22.7 Å². The summed E-state index contributed by atoms with van der Waals surface area (Å²) in [6.45, 7) is 3.39. The van der Waals surface area contributed by atoms with Crippen molar-refractivity contribution in [2.24, 2.45) is 11.5 Å². The fraction of sp³-hybridized carbons (Fsp3) is 0.135. The molecule has 0 atom stereocenters. The number of carboxylic acids is 1. The van der Waals surface area contributed by atoms with Crippen LogP contribution in [0.4, 0.5) is 8.78 Å². The zero-order chi connectivity index (χ0) is 36.8. The maximum atomic E-state index is 14.4. The van der Waals surface area contributed by atoms with Crippen molar-refractivity contribution < 1.29 is 47.3 Å². The molecule has 0 bridgehead atoms. The van der Waals surface area contributed by atoms with Gasteiger partial charge in [-0.05, 0) is 86.6 Å². The topological polar surface area (TPSA) is 168 Å². The Kier molecular flexibility index (Phi) is 11.3. The maximum Gasteiger partial charge on any atom is 0.349 e. The Balaban J connectivity index is 0.000000199. The second-order valence-corrected chi connectivity index (χ2v) is 13.3. The third-order valence-electron chi connectivity index (χ3n) is 7.29. The number of carbonyl (C=O) groups excluding carboxylic acids is 3. The molecule has 0 radical (unpaired) electrons. The van der Waals surface area contributed by atoms with Crippen molar-refractivity contribution in [1.82, 2.24) is 0 Å². The second-order valence-electron chi connectivity index (χ2n) is 11.2. The van der Waals surface area contributed by atoms with Crippen LogP contribution < -0.4 is 20.9 Å². The van der Waals surface area contributed by atoms with Gasteiger partial charge in [-0.1, -0.05) is 12.1 Å². The van der Waals surface area contributed by atoms with Crippen molar-refractivity contribution in [1.29, 1.82) is 0 Å². The molecule has 0 unspecified atom stereocenters. The molecule has 0 aliphatic heterocycles. The zero-order valence-corrected chi connectivity index (χ0v) is 28.7. The van der Waals surface area contributed by atoms with Gasteiger partial charge in [0.15, 0.2) is 0 Å². The number of rotatable bonds is 11. The molecular weight excluding hydrogens is 703 g/mol. The Morgan fingerprint density at radius 1 is 0.667 bits per heavy atom. The van der Waals surface area contributed by atoms with Crippen LogP contribution in [0.2, 0.25) is 0 Å². The Labute approximate surface area is 297 Å². The number of halogens is 2. The number of amides is 2. The van der Waals surface area contributed by atoms with Crippen molar-refractivity contribution in [3.63, 3.8) is 0 Å². The molecule has 262 valence electrons. The van der Waals surface area contributed by atoms with Crippen LogP contribution in [0.1, 0.15) is 65.0 Å². The van der Waals surface area contributed by atoms with Gasteiger partial charge in [0.05, 0.1) is 6.10 Å². The number of nitrogens with two attached hydrogens (primary N) is 2. The predicted octanol–water partition coefficient (Wildman–Crippen LogP) is 7.70. The average Bonchev–Trinajstić information content (AvgIpc) is 3.67. The van der Waals surface area contributed by atoms with Crippen molar-refractivity contribution >= 4 is 66.6 Å². The highest BCUT2D eigenvalue weighted by Gasteiger charge is 2.24. The van der Waals surface area contributed by atoms with Gasteiger partial charge in [0.2, 0.25) is 11.8 Å². The number of aromatic carboxylic acids is 1. The van der Waals surface area contributed by atoms with E-state index in [2.05, 4.69) is 0 Å². The van der Waals surface area contributed by atoms with Crippen molar-refractivity contribution in [2.75, 3.05) is 0 Å². The van der Waals surface area contributed by atoms with E-state index in [1.807, 2.05) is 0 Å². The number of carboxylic acid groups (broad SMARTS) is 1. The molecule has 0 aliphatic rings. The first kappa shape index (κ1) is 36.4. The van der Waals surface area contributed by atoms with Crippen LogP contribution in [-0.4, -0.2) is 35.0 Å². The van der Waals surface area contributed by atoms with Crippen LogP contribution in [0, 0.1) is 11.6 Å². The first-order valence-corrected chi connectivity index (χ1v) is 16.9. The largest absolute Gasteiger partial charge is 0.489 e. The van der Waals surface area contributed by atoms with E-state index >= 15 is 0 Å². The first-order chi connectivity index (χ1) is 24.3. The van der Waals surface area contributed by atoms with E-state index in [4.69, 9.17) is 25.7 Å². The van der Waals surface area contributed by atoms with Gasteiger partial charge < -0.3 is 30.8 Å². The van der Waals surface area contributed by atoms with Gasteiger partial charge in [-0.25, -0.2) is 18.4 Å². The number of esters is 1. The highest BCUT2D eigenvalue weighted by Crippen LogP contribution is 2.36. The molecule has 2 amide bonds. The molecule has 0 saturated heterocycles. The van der Waals surface area contributed by atoms with E-state index < -0.39 is 35.4 Å². The van der Waals surface area contributed by atoms with Gasteiger partial charge in [-0.2, -0.15) is 0 Å². The number of primary amides is 2. The van der Waals surface area contributed by atoms with Gasteiger partial charge in [0.25, 0.3) is 0 Å². The fourth-order valence-electron chi connectivity index (χ4n) is 4.96. The first-order valence-electron chi connectivity index (χ1n) is 15.2. The zero-order valence-electron chi connectivity index (χ0n) is 27.1. The minimum Gasteiger partial charge on any atom is -0.489 e. The van der Waals surface area contributed by atoms with Gasteiger partial charge >= 0.3 is 11.9 Å². The van der Waals surface area contributed by atoms with Crippen LogP contribution >= 0.6 is 22.7 Å². The molecule has 4 aromatic carbocycles. The quantitative estimate of drug-likeness (QED) is 0.114. The molecule has 0 aliphatic carbocycles. The second kappa shape index (κ2) is 15.8. The third kappa shape index (κ3) is 8.48. The van der Waals surface area contributed by atoms with Gasteiger partial charge in [-0.3, -0.25) is 9.59 Å². The van der Waals surface area contributed by atoms with Crippen molar-refractivity contribution in [3.8, 4) is 11.5 Å². The maximum absolute atomic E-state index is 14.4. The van der Waals surface area contributed by atoms with E-state index in [1.54, 1.807) is 56.3 Å². The summed E-state index contributed by atoms with van der Waals surface area (Å²) >= 11 is 2.18. The van der Waals surface area contributed by atoms with Gasteiger partial charge in [0, 0.05) is 42.4 Å². The van der Waals surface area contributed by atoms with Crippen molar-refractivity contribution in [3.05, 3.63) is 129 Å². The molecule has 10 nitrogen and oxygen atoms in total. The lowest BCUT2D eigenvalue weighted by atomic mass is 10.1. The number of hydrogen-bond donors (Lipinski definition) is 3. The lowest BCUT2D eigenvalue weighted by molar-refractivity contribution is 0.0380. The van der Waals surface area contributed by atoms with E-state index in [-0.39, 0.29) is 29.6 Å². The minimum absolute atomic E-state index is 0.0145. The van der Waals surface area contributed by atoms with Gasteiger partial charge in [0.1, 0.15) is 46.1 Å². The summed E-state index contributed by atoms with van der Waals surface area (Å²) in [5.74, 6) is -2.74. The normalized spacial score (nSPS) is 10.8. The Hall–Kier alpha value is -5.86. The van der Waals surface area contributed by atoms with E-state index in [1.165, 1.54) is 53.8 Å². The minimum atomic E-state index is -1.13. The van der Waals surface area contributed by atoms with E-state index in [0.717, 1.165) is 11.3 Å². The van der Waals surface area contributed by atoms with Crippen LogP contribution in [0.15, 0.2) is 84.9 Å². The number of hydrogen-bond acceptors (Lipinski definition) is 9. The lowest BCUT2D eigenvalue weighted by Gasteiger charge is -2.10. The highest BCUT2D eigenvalue weighted by molar-refractivity contribution is 7.21. The van der Waals surface area contributed by atoms with Crippen LogP contribution in [0.3, 0.4) is 0 Å². The molecule has 14 heteroatoms. The Morgan fingerprint density at radius 3 is 1.47 bits per heavy atom. The monoisotopic (exact) mass is 732 g/mol. The lowest BCUT2D eigenvalue weighted by Crippen LogP contribution is -2.13.